The van der Waals surface area contributed by atoms with Crippen molar-refractivity contribution in [3.63, 3.8) is 0 Å². The summed E-state index contributed by atoms with van der Waals surface area (Å²) >= 11 is 0. The first-order valence-corrected chi connectivity index (χ1v) is 9.05. The van der Waals surface area contributed by atoms with Gasteiger partial charge in [0.1, 0.15) is 24.2 Å². The number of ether oxygens (including phenoxy) is 2. The van der Waals surface area contributed by atoms with Gasteiger partial charge in [-0.05, 0) is 55.6 Å². The molecule has 1 fully saturated rings. The number of halogens is 1. The van der Waals surface area contributed by atoms with Crippen LogP contribution in [-0.4, -0.2) is 37.3 Å². The van der Waals surface area contributed by atoms with Crippen molar-refractivity contribution in [1.82, 2.24) is 4.90 Å². The van der Waals surface area contributed by atoms with E-state index in [0.717, 1.165) is 49.5 Å². The van der Waals surface area contributed by atoms with Crippen LogP contribution >= 0.6 is 0 Å². The van der Waals surface area contributed by atoms with Gasteiger partial charge in [-0.2, -0.15) is 0 Å². The molecule has 0 bridgehead atoms. The Labute approximate surface area is 149 Å². The number of hydrogen-bond acceptors (Lipinski definition) is 3. The second kappa shape index (κ2) is 9.42. The summed E-state index contributed by atoms with van der Waals surface area (Å²) in [6.07, 6.45) is 3.00. The molecule has 0 amide bonds. The molecule has 1 aliphatic heterocycles. The molecule has 0 saturated carbocycles. The van der Waals surface area contributed by atoms with Crippen LogP contribution < -0.4 is 9.47 Å². The van der Waals surface area contributed by atoms with Crippen LogP contribution in [0.2, 0.25) is 0 Å². The van der Waals surface area contributed by atoms with Crippen LogP contribution in [0.1, 0.15) is 24.8 Å². The van der Waals surface area contributed by atoms with E-state index in [1.807, 2.05) is 42.5 Å². The molecule has 0 aliphatic carbocycles. The number of nitrogens with zero attached hydrogens (tertiary/aromatic N) is 1. The maximum absolute atomic E-state index is 12.0. The number of benzene rings is 2. The summed E-state index contributed by atoms with van der Waals surface area (Å²) in [6, 6.07) is 18.0. The van der Waals surface area contributed by atoms with Gasteiger partial charge in [0.05, 0.1) is 6.67 Å². The van der Waals surface area contributed by atoms with E-state index < -0.39 is 0 Å². The number of rotatable bonds is 10. The summed E-state index contributed by atoms with van der Waals surface area (Å²) in [7, 11) is 0. The molecule has 0 atom stereocenters. The molecular formula is C21H26FNO2. The average Bonchev–Trinajstić information content (AvgIpc) is 2.63. The predicted molar refractivity (Wildman–Crippen MR) is 97.9 cm³/mol. The third-order valence-corrected chi connectivity index (χ3v) is 4.41. The summed E-state index contributed by atoms with van der Waals surface area (Å²) in [4.78, 5) is 2.36. The molecule has 4 heteroatoms. The zero-order valence-electron chi connectivity index (χ0n) is 14.6. The van der Waals surface area contributed by atoms with Gasteiger partial charge in [-0.3, -0.25) is 9.29 Å². The minimum atomic E-state index is -0.198. The average molecular weight is 343 g/mol. The lowest BCUT2D eigenvalue weighted by Crippen LogP contribution is -2.53. The van der Waals surface area contributed by atoms with Gasteiger partial charge in [-0.15, -0.1) is 0 Å². The van der Waals surface area contributed by atoms with Crippen LogP contribution in [0, 0.1) is 0 Å². The zero-order chi connectivity index (χ0) is 17.3. The van der Waals surface area contributed by atoms with E-state index in [4.69, 9.17) is 9.47 Å². The van der Waals surface area contributed by atoms with Gasteiger partial charge in [0.15, 0.2) is 0 Å². The van der Waals surface area contributed by atoms with E-state index in [1.165, 1.54) is 0 Å². The van der Waals surface area contributed by atoms with Crippen LogP contribution in [0.5, 0.6) is 11.5 Å². The summed E-state index contributed by atoms with van der Waals surface area (Å²) in [5, 5.41) is 0. The first kappa shape index (κ1) is 17.7. The Morgan fingerprint density at radius 3 is 2.32 bits per heavy atom. The molecule has 25 heavy (non-hydrogen) atoms. The van der Waals surface area contributed by atoms with Crippen molar-refractivity contribution in [2.45, 2.75) is 32.0 Å². The molecule has 0 N–H and O–H groups in total. The number of hydrogen-bond donors (Lipinski definition) is 0. The third kappa shape index (κ3) is 5.75. The van der Waals surface area contributed by atoms with Gasteiger partial charge in [0, 0.05) is 13.1 Å². The highest BCUT2D eigenvalue weighted by Gasteiger charge is 2.27. The van der Waals surface area contributed by atoms with Gasteiger partial charge < -0.3 is 9.47 Å². The highest BCUT2D eigenvalue weighted by Crippen LogP contribution is 2.22. The Balaban J connectivity index is 1.34. The predicted octanol–water partition coefficient (Wildman–Crippen LogP) is 4.47. The minimum Gasteiger partial charge on any atom is -0.489 e. The van der Waals surface area contributed by atoms with Crippen molar-refractivity contribution in [1.29, 1.82) is 0 Å². The minimum absolute atomic E-state index is 0.198. The highest BCUT2D eigenvalue weighted by molar-refractivity contribution is 5.32. The lowest BCUT2D eigenvalue weighted by atomic mass is 10.1. The van der Waals surface area contributed by atoms with E-state index in [0.29, 0.717) is 13.0 Å². The molecular weight excluding hydrogens is 317 g/mol. The number of unbranched alkanes of at least 4 members (excludes halogenated alkanes) is 2. The molecule has 0 spiro atoms. The molecule has 1 saturated heterocycles. The molecule has 0 radical (unpaired) electrons. The monoisotopic (exact) mass is 343 g/mol. The van der Waals surface area contributed by atoms with Gasteiger partial charge in [-0.1, -0.05) is 30.3 Å². The first-order valence-electron chi connectivity index (χ1n) is 9.05. The molecule has 3 nitrogen and oxygen atoms in total. The molecule has 0 aromatic heterocycles. The molecule has 3 rings (SSSR count). The van der Waals surface area contributed by atoms with Gasteiger partial charge in [0.25, 0.3) is 0 Å². The lowest BCUT2D eigenvalue weighted by molar-refractivity contribution is 0.0190. The van der Waals surface area contributed by atoms with Gasteiger partial charge >= 0.3 is 0 Å². The summed E-state index contributed by atoms with van der Waals surface area (Å²) in [6.45, 7) is 3.34. The van der Waals surface area contributed by atoms with Crippen molar-refractivity contribution in [3.8, 4) is 11.5 Å². The molecule has 134 valence electrons. The highest BCUT2D eigenvalue weighted by atomic mass is 19.1. The van der Waals surface area contributed by atoms with E-state index in [2.05, 4.69) is 17.0 Å². The van der Waals surface area contributed by atoms with Crippen molar-refractivity contribution >= 4 is 0 Å². The van der Waals surface area contributed by atoms with Crippen molar-refractivity contribution in [2.75, 3.05) is 26.3 Å². The summed E-state index contributed by atoms with van der Waals surface area (Å²) in [5.74, 6) is 1.73. The third-order valence-electron chi connectivity index (χ3n) is 4.41. The normalized spacial score (nSPS) is 14.9. The quantitative estimate of drug-likeness (QED) is 0.594. The van der Waals surface area contributed by atoms with Crippen LogP contribution in [0.3, 0.4) is 0 Å². The molecule has 2 aromatic rings. The zero-order valence-corrected chi connectivity index (χ0v) is 14.6. The fourth-order valence-corrected chi connectivity index (χ4v) is 2.93. The molecule has 1 heterocycles. The van der Waals surface area contributed by atoms with Gasteiger partial charge in [-0.25, -0.2) is 0 Å². The Morgan fingerprint density at radius 2 is 1.60 bits per heavy atom. The molecule has 2 aromatic carbocycles. The Kier molecular flexibility index (Phi) is 6.69. The van der Waals surface area contributed by atoms with E-state index in [-0.39, 0.29) is 12.8 Å². The van der Waals surface area contributed by atoms with E-state index in [9.17, 15) is 4.39 Å². The van der Waals surface area contributed by atoms with Crippen molar-refractivity contribution < 1.29 is 13.9 Å². The van der Waals surface area contributed by atoms with Crippen molar-refractivity contribution in [2.24, 2.45) is 0 Å². The number of likely N-dealkylation sites (tertiary alicyclic amines) is 1. The largest absolute Gasteiger partial charge is 0.489 e. The van der Waals surface area contributed by atoms with Crippen molar-refractivity contribution in [3.05, 3.63) is 60.2 Å². The second-order valence-corrected chi connectivity index (χ2v) is 6.49. The standard InChI is InChI=1S/C21H26FNO2/c22-13-5-2-6-14-23-15-21(16-23)25-20-11-9-19(10-12-20)24-17-18-7-3-1-4-8-18/h1,3-4,7-12,21H,2,5-6,13-17H2. The lowest BCUT2D eigenvalue weighted by Gasteiger charge is -2.39. The number of alkyl halides is 1. The smallest absolute Gasteiger partial charge is 0.124 e. The summed E-state index contributed by atoms with van der Waals surface area (Å²) in [5.41, 5.74) is 1.16. The maximum atomic E-state index is 12.0. The first-order chi connectivity index (χ1) is 12.3. The Morgan fingerprint density at radius 1 is 0.880 bits per heavy atom. The second-order valence-electron chi connectivity index (χ2n) is 6.49. The molecule has 0 unspecified atom stereocenters. The Bertz CT molecular complexity index is 612. The van der Waals surface area contributed by atoms with Crippen LogP contribution in [0.4, 0.5) is 4.39 Å². The van der Waals surface area contributed by atoms with Crippen LogP contribution in [0.15, 0.2) is 54.6 Å². The maximum Gasteiger partial charge on any atom is 0.124 e. The van der Waals surface area contributed by atoms with E-state index >= 15 is 0 Å². The van der Waals surface area contributed by atoms with E-state index in [1.54, 1.807) is 0 Å². The topological polar surface area (TPSA) is 21.7 Å². The SMILES string of the molecule is FCCCCCN1CC(Oc2ccc(OCc3ccccc3)cc2)C1. The fourth-order valence-electron chi connectivity index (χ4n) is 2.93. The summed E-state index contributed by atoms with van der Waals surface area (Å²) < 4.78 is 23.8. The van der Waals surface area contributed by atoms with Crippen LogP contribution in [-0.2, 0) is 6.61 Å². The van der Waals surface area contributed by atoms with Gasteiger partial charge in [0.2, 0.25) is 0 Å². The van der Waals surface area contributed by atoms with Crippen LogP contribution in [0.25, 0.3) is 0 Å². The molecule has 1 aliphatic rings. The Hall–Kier alpha value is -2.07. The fraction of sp³-hybridized carbons (Fsp3) is 0.429.